The Morgan fingerprint density at radius 3 is 2.73 bits per heavy atom. The van der Waals surface area contributed by atoms with E-state index >= 15 is 0 Å². The van der Waals surface area contributed by atoms with Gasteiger partial charge in [0.25, 0.3) is 5.91 Å². The van der Waals surface area contributed by atoms with Crippen LogP contribution in [0.1, 0.15) is 54.7 Å². The van der Waals surface area contributed by atoms with Crippen molar-refractivity contribution in [3.8, 4) is 0 Å². The van der Waals surface area contributed by atoms with Crippen LogP contribution in [0.3, 0.4) is 0 Å². The molecule has 1 unspecified atom stereocenters. The number of benzene rings is 1. The van der Waals surface area contributed by atoms with E-state index in [2.05, 4.69) is 16.6 Å². The second kappa shape index (κ2) is 7.90. The molecule has 5 rings (SSSR count). The Bertz CT molecular complexity index is 1250. The van der Waals surface area contributed by atoms with Gasteiger partial charge in [-0.15, -0.1) is 0 Å². The van der Waals surface area contributed by atoms with Crippen LogP contribution in [0.4, 0.5) is 4.79 Å². The molecule has 2 heterocycles. The number of aryl methyl sites for hydroxylation is 2. The van der Waals surface area contributed by atoms with Gasteiger partial charge in [-0.2, -0.15) is 9.78 Å². The maximum Gasteiger partial charge on any atom is 0.435 e. The van der Waals surface area contributed by atoms with Crippen molar-refractivity contribution in [2.45, 2.75) is 63.6 Å². The fraction of sp³-hybridized carbons (Fsp3) is 0.423. The zero-order valence-electron chi connectivity index (χ0n) is 19.5. The van der Waals surface area contributed by atoms with Gasteiger partial charge in [0.05, 0.1) is 5.69 Å². The highest BCUT2D eigenvalue weighted by Crippen LogP contribution is 2.36. The quantitative estimate of drug-likeness (QED) is 0.542. The Kier molecular flexibility index (Phi) is 5.15. The molecule has 1 amide bonds. The molecule has 2 aliphatic carbocycles. The van der Waals surface area contributed by atoms with Gasteiger partial charge in [-0.3, -0.25) is 4.79 Å². The normalized spacial score (nSPS) is 18.1. The van der Waals surface area contributed by atoms with E-state index in [-0.39, 0.29) is 18.0 Å². The molecule has 1 aromatic carbocycles. The first-order chi connectivity index (χ1) is 15.8. The number of ether oxygens (including phenoxy) is 1. The molecule has 3 aromatic rings. The molecule has 0 aliphatic heterocycles. The molecule has 0 spiro atoms. The van der Waals surface area contributed by atoms with E-state index in [0.29, 0.717) is 6.42 Å². The standard InChI is InChI=1S/C26H30N4O3/c1-5-26(2,3)33-25(32)29-16-17-15-19(11-12-22(17)27-29)30(18-9-10-18)24(31)21-7-6-8-23-20(21)13-14-28(23)4/h5-8,13-14,16,18-19H,1,9-12,15H2,2-4H3. The molecule has 1 atom stereocenters. The van der Waals surface area contributed by atoms with Gasteiger partial charge in [0.2, 0.25) is 0 Å². The van der Waals surface area contributed by atoms with Gasteiger partial charge >= 0.3 is 6.09 Å². The Labute approximate surface area is 193 Å². The minimum atomic E-state index is -0.764. The molecule has 1 fully saturated rings. The van der Waals surface area contributed by atoms with Gasteiger partial charge in [0.1, 0.15) is 5.60 Å². The van der Waals surface area contributed by atoms with Crippen LogP contribution in [-0.2, 0) is 24.6 Å². The Morgan fingerprint density at radius 1 is 1.21 bits per heavy atom. The Morgan fingerprint density at radius 2 is 2.00 bits per heavy atom. The minimum Gasteiger partial charge on any atom is -0.438 e. The number of amides is 1. The molecule has 7 heteroatoms. The second-order valence-electron chi connectivity index (χ2n) is 9.73. The van der Waals surface area contributed by atoms with E-state index in [9.17, 15) is 9.59 Å². The fourth-order valence-corrected chi connectivity index (χ4v) is 4.74. The van der Waals surface area contributed by atoms with E-state index in [1.165, 1.54) is 4.68 Å². The topological polar surface area (TPSA) is 69.4 Å². The van der Waals surface area contributed by atoms with Gasteiger partial charge in [0.15, 0.2) is 0 Å². The van der Waals surface area contributed by atoms with Crippen molar-refractivity contribution in [3.05, 3.63) is 66.1 Å². The summed E-state index contributed by atoms with van der Waals surface area (Å²) >= 11 is 0. The van der Waals surface area contributed by atoms with Crippen molar-refractivity contribution in [1.82, 2.24) is 19.2 Å². The molecular weight excluding hydrogens is 416 g/mol. The third-order valence-electron chi connectivity index (χ3n) is 6.80. The van der Waals surface area contributed by atoms with Crippen molar-refractivity contribution in [3.63, 3.8) is 0 Å². The second-order valence-corrected chi connectivity index (χ2v) is 9.73. The summed E-state index contributed by atoms with van der Waals surface area (Å²) in [5.74, 6) is 0.0993. The highest BCUT2D eigenvalue weighted by molar-refractivity contribution is 6.06. The van der Waals surface area contributed by atoms with Crippen LogP contribution in [0.25, 0.3) is 10.9 Å². The summed E-state index contributed by atoms with van der Waals surface area (Å²) in [6.07, 6.45) is 9.19. The van der Waals surface area contributed by atoms with Crippen LogP contribution in [-0.4, -0.2) is 48.9 Å². The zero-order chi connectivity index (χ0) is 23.3. The Hall–Kier alpha value is -3.35. The first kappa shape index (κ1) is 21.5. The highest BCUT2D eigenvalue weighted by Gasteiger charge is 2.40. The summed E-state index contributed by atoms with van der Waals surface area (Å²) in [6, 6.07) is 8.34. The monoisotopic (exact) mass is 446 g/mol. The largest absolute Gasteiger partial charge is 0.438 e. The average Bonchev–Trinajstić information content (AvgIpc) is 3.41. The van der Waals surface area contributed by atoms with E-state index < -0.39 is 11.7 Å². The first-order valence-electron chi connectivity index (χ1n) is 11.6. The molecule has 0 N–H and O–H groups in total. The number of hydrogen-bond donors (Lipinski definition) is 0. The number of fused-ring (bicyclic) bond motifs is 2. The number of carbonyl (C=O) groups is 2. The molecule has 0 saturated heterocycles. The molecule has 172 valence electrons. The summed E-state index contributed by atoms with van der Waals surface area (Å²) in [4.78, 5) is 28.4. The number of rotatable bonds is 5. The van der Waals surface area contributed by atoms with E-state index in [1.807, 2.05) is 42.1 Å². The van der Waals surface area contributed by atoms with Crippen molar-refractivity contribution in [1.29, 1.82) is 0 Å². The summed E-state index contributed by atoms with van der Waals surface area (Å²) in [5, 5.41) is 5.46. The average molecular weight is 447 g/mol. The molecule has 2 aromatic heterocycles. The summed E-state index contributed by atoms with van der Waals surface area (Å²) in [7, 11) is 2.00. The summed E-state index contributed by atoms with van der Waals surface area (Å²) in [6.45, 7) is 7.27. The minimum absolute atomic E-state index is 0.0924. The lowest BCUT2D eigenvalue weighted by atomic mass is 9.91. The predicted octanol–water partition coefficient (Wildman–Crippen LogP) is 4.49. The molecular formula is C26H30N4O3. The maximum absolute atomic E-state index is 13.8. The zero-order valence-corrected chi connectivity index (χ0v) is 19.5. The molecule has 33 heavy (non-hydrogen) atoms. The summed E-state index contributed by atoms with van der Waals surface area (Å²) in [5.41, 5.74) is 2.98. The van der Waals surface area contributed by atoms with Gasteiger partial charge in [-0.25, -0.2) is 4.79 Å². The van der Waals surface area contributed by atoms with Crippen LogP contribution < -0.4 is 0 Å². The van der Waals surface area contributed by atoms with Crippen molar-refractivity contribution < 1.29 is 14.3 Å². The molecule has 2 aliphatic rings. The SMILES string of the molecule is C=CC(C)(C)OC(=O)n1cc2c(n1)CCC(N(C(=O)c1cccc3c1ccn3C)C1CC1)C2. The van der Waals surface area contributed by atoms with Crippen LogP contribution >= 0.6 is 0 Å². The van der Waals surface area contributed by atoms with E-state index in [1.54, 1.807) is 26.1 Å². The number of aromatic nitrogens is 3. The molecule has 0 bridgehead atoms. The van der Waals surface area contributed by atoms with Gasteiger partial charge in [-0.05, 0) is 75.8 Å². The lowest BCUT2D eigenvalue weighted by molar-refractivity contribution is 0.0644. The van der Waals surface area contributed by atoms with E-state index in [0.717, 1.165) is 53.4 Å². The van der Waals surface area contributed by atoms with Crippen molar-refractivity contribution in [2.75, 3.05) is 0 Å². The lowest BCUT2D eigenvalue weighted by Crippen LogP contribution is -2.44. The van der Waals surface area contributed by atoms with Crippen molar-refractivity contribution in [2.24, 2.45) is 7.05 Å². The van der Waals surface area contributed by atoms with Crippen LogP contribution in [0.5, 0.6) is 0 Å². The number of carbonyl (C=O) groups excluding carboxylic acids is 2. The van der Waals surface area contributed by atoms with Gasteiger partial charge in [-0.1, -0.05) is 12.6 Å². The van der Waals surface area contributed by atoms with Gasteiger partial charge in [0, 0.05) is 48.0 Å². The number of hydrogen-bond acceptors (Lipinski definition) is 4. The molecule has 0 radical (unpaired) electrons. The van der Waals surface area contributed by atoms with Crippen LogP contribution in [0.15, 0.2) is 49.3 Å². The lowest BCUT2D eigenvalue weighted by Gasteiger charge is -2.34. The third kappa shape index (κ3) is 3.96. The maximum atomic E-state index is 13.8. The third-order valence-corrected chi connectivity index (χ3v) is 6.80. The van der Waals surface area contributed by atoms with Crippen LogP contribution in [0, 0.1) is 0 Å². The smallest absolute Gasteiger partial charge is 0.435 e. The highest BCUT2D eigenvalue weighted by atomic mass is 16.6. The first-order valence-corrected chi connectivity index (χ1v) is 11.6. The van der Waals surface area contributed by atoms with Crippen LogP contribution in [0.2, 0.25) is 0 Å². The number of nitrogens with zero attached hydrogens (tertiary/aromatic N) is 4. The predicted molar refractivity (Wildman–Crippen MR) is 126 cm³/mol. The fourth-order valence-electron chi connectivity index (χ4n) is 4.74. The molecule has 7 nitrogen and oxygen atoms in total. The van der Waals surface area contributed by atoms with E-state index in [4.69, 9.17) is 4.74 Å². The molecule has 1 saturated carbocycles. The Balaban J connectivity index is 1.39. The van der Waals surface area contributed by atoms with Gasteiger partial charge < -0.3 is 14.2 Å². The summed E-state index contributed by atoms with van der Waals surface area (Å²) < 4.78 is 8.82. The van der Waals surface area contributed by atoms with Crippen molar-refractivity contribution >= 4 is 22.9 Å².